The van der Waals surface area contributed by atoms with Crippen LogP contribution < -0.4 is 37.8 Å². The number of hydrogen-bond donors (Lipinski definition) is 6. The number of para-hydroxylation sites is 1. The average Bonchev–Trinajstić information content (AvgIpc) is 3.53. The van der Waals surface area contributed by atoms with Gasteiger partial charge in [-0.3, -0.25) is 4.79 Å². The summed E-state index contributed by atoms with van der Waals surface area (Å²) >= 11 is 0. The summed E-state index contributed by atoms with van der Waals surface area (Å²) < 4.78 is 5.51. The molecule has 0 spiro atoms. The van der Waals surface area contributed by atoms with Crippen LogP contribution in [0.15, 0.2) is 29.5 Å². The third kappa shape index (κ3) is 4.04. The lowest BCUT2D eigenvalue weighted by atomic mass is 10.1. The van der Waals surface area contributed by atoms with E-state index in [1.807, 2.05) is 0 Å². The minimum absolute atomic E-state index is 0.209. The summed E-state index contributed by atoms with van der Waals surface area (Å²) in [5, 5.41) is 12.6. The van der Waals surface area contributed by atoms with Crippen LogP contribution in [0.3, 0.4) is 0 Å². The number of amidine groups is 1. The number of nitrogens with two attached hydrogens (primary N) is 2. The van der Waals surface area contributed by atoms with E-state index in [0.717, 1.165) is 12.8 Å². The van der Waals surface area contributed by atoms with E-state index in [1.165, 1.54) is 13.3 Å². The molecule has 8 N–H and O–H groups in total. The molecule has 148 valence electrons. The normalized spacial score (nSPS) is 13.6. The van der Waals surface area contributed by atoms with Gasteiger partial charge in [0.2, 0.25) is 5.95 Å². The second-order valence-corrected chi connectivity index (χ2v) is 6.09. The maximum Gasteiger partial charge on any atom is 0.256 e. The molecule has 11 heteroatoms. The molecule has 0 aliphatic heterocycles. The van der Waals surface area contributed by atoms with Crippen LogP contribution in [-0.2, 0) is 0 Å². The summed E-state index contributed by atoms with van der Waals surface area (Å²) in [6, 6.07) is 5.50. The molecule has 1 amide bonds. The zero-order valence-corrected chi connectivity index (χ0v) is 15.6. The van der Waals surface area contributed by atoms with Gasteiger partial charge in [-0.25, -0.2) is 10.8 Å². The number of nitrogens with one attached hydrogen (secondary N) is 4. The fraction of sp³-hybridized carbons (Fsp3) is 0.294. The molecule has 0 unspecified atom stereocenters. The van der Waals surface area contributed by atoms with Crippen LogP contribution in [0.1, 0.15) is 28.8 Å². The van der Waals surface area contributed by atoms with Crippen molar-refractivity contribution >= 4 is 29.2 Å². The topological polar surface area (TPSA) is 165 Å². The van der Waals surface area contributed by atoms with E-state index in [-0.39, 0.29) is 17.8 Å². The summed E-state index contributed by atoms with van der Waals surface area (Å²) in [6.07, 6.45) is 3.43. The third-order valence-corrected chi connectivity index (χ3v) is 4.16. The first kappa shape index (κ1) is 19.2. The van der Waals surface area contributed by atoms with Crippen molar-refractivity contribution in [3.63, 3.8) is 0 Å². The lowest BCUT2D eigenvalue weighted by Crippen LogP contribution is -2.32. The molecule has 1 aliphatic carbocycles. The van der Waals surface area contributed by atoms with E-state index in [9.17, 15) is 4.79 Å². The van der Waals surface area contributed by atoms with E-state index in [2.05, 4.69) is 36.4 Å². The molecular formula is C17H23N9O2. The van der Waals surface area contributed by atoms with E-state index < -0.39 is 0 Å². The average molecular weight is 385 g/mol. The predicted molar refractivity (Wildman–Crippen MR) is 106 cm³/mol. The highest BCUT2D eigenvalue weighted by Gasteiger charge is 2.26. The van der Waals surface area contributed by atoms with Crippen molar-refractivity contribution in [3.8, 4) is 5.75 Å². The highest BCUT2D eigenvalue weighted by atomic mass is 16.5. The largest absolute Gasteiger partial charge is 0.494 e. The van der Waals surface area contributed by atoms with Crippen LogP contribution >= 0.6 is 0 Å². The number of hydrazine groups is 1. The van der Waals surface area contributed by atoms with Crippen LogP contribution in [0.5, 0.6) is 5.75 Å². The Kier molecular flexibility index (Phi) is 5.75. The molecule has 0 atom stereocenters. The van der Waals surface area contributed by atoms with Gasteiger partial charge in [0.05, 0.1) is 18.4 Å². The van der Waals surface area contributed by atoms with E-state index in [1.54, 1.807) is 25.2 Å². The molecular weight excluding hydrogens is 362 g/mol. The van der Waals surface area contributed by atoms with Crippen LogP contribution in [0.25, 0.3) is 0 Å². The maximum atomic E-state index is 12.6. The maximum absolute atomic E-state index is 12.6. The third-order valence-electron chi connectivity index (χ3n) is 4.16. The van der Waals surface area contributed by atoms with Crippen LogP contribution in [0.4, 0.5) is 17.5 Å². The van der Waals surface area contributed by atoms with Gasteiger partial charge >= 0.3 is 0 Å². The molecule has 0 saturated heterocycles. The van der Waals surface area contributed by atoms with Gasteiger partial charge in [0.15, 0.2) is 11.6 Å². The molecule has 1 saturated carbocycles. The van der Waals surface area contributed by atoms with Gasteiger partial charge in [0.25, 0.3) is 5.91 Å². The molecule has 1 aromatic carbocycles. The number of amides is 1. The molecule has 1 aromatic heterocycles. The van der Waals surface area contributed by atoms with Gasteiger partial charge in [-0.15, -0.1) is 0 Å². The Morgan fingerprint density at radius 3 is 2.71 bits per heavy atom. The molecule has 28 heavy (non-hydrogen) atoms. The number of hydrazone groups is 1. The molecule has 3 rings (SSSR count). The smallest absolute Gasteiger partial charge is 0.256 e. The Bertz CT molecular complexity index is 896. The molecule has 11 nitrogen and oxygen atoms in total. The van der Waals surface area contributed by atoms with Gasteiger partial charge in [0.1, 0.15) is 11.4 Å². The number of rotatable bonds is 7. The summed E-state index contributed by atoms with van der Waals surface area (Å²) in [6.45, 7) is 0. The lowest BCUT2D eigenvalue weighted by Gasteiger charge is -2.17. The minimum atomic E-state index is -0.240. The number of anilines is 3. The van der Waals surface area contributed by atoms with Gasteiger partial charge < -0.3 is 32.0 Å². The second-order valence-electron chi connectivity index (χ2n) is 6.09. The molecule has 0 radical (unpaired) electrons. The Hall–Kier alpha value is -3.60. The Morgan fingerprint density at radius 1 is 1.32 bits per heavy atom. The fourth-order valence-corrected chi connectivity index (χ4v) is 2.61. The number of methoxy groups -OCH3 is 1. The molecule has 1 aliphatic rings. The molecule has 2 aromatic rings. The van der Waals surface area contributed by atoms with Crippen molar-refractivity contribution in [1.82, 2.24) is 20.7 Å². The summed E-state index contributed by atoms with van der Waals surface area (Å²) in [5.74, 6) is 12.0. The number of ether oxygens (including phenoxy) is 1. The van der Waals surface area contributed by atoms with Gasteiger partial charge in [-0.1, -0.05) is 6.07 Å². The van der Waals surface area contributed by atoms with E-state index >= 15 is 0 Å². The van der Waals surface area contributed by atoms with Crippen molar-refractivity contribution in [2.24, 2.45) is 16.8 Å². The first-order valence-electron chi connectivity index (χ1n) is 8.65. The van der Waals surface area contributed by atoms with Crippen molar-refractivity contribution < 1.29 is 9.53 Å². The van der Waals surface area contributed by atoms with E-state index in [4.69, 9.17) is 16.4 Å². The minimum Gasteiger partial charge on any atom is -0.494 e. The number of carbonyl (C=O) groups excluding carboxylic acids is 1. The SMILES string of the molecule is CNc1ncc(C(=O)NC2CC2)c(Nc2cccc(/C(=N/N)NN)c2OC)n1. The summed E-state index contributed by atoms with van der Waals surface area (Å²) in [5.41, 5.74) is 3.85. The quantitative estimate of drug-likeness (QED) is 0.169. The first-order valence-corrected chi connectivity index (χ1v) is 8.65. The Balaban J connectivity index is 2.00. The van der Waals surface area contributed by atoms with E-state index in [0.29, 0.717) is 34.3 Å². The van der Waals surface area contributed by atoms with Gasteiger partial charge in [-0.05, 0) is 25.0 Å². The predicted octanol–water partition coefficient (Wildman–Crippen LogP) is 0.246. The number of hydrogen-bond acceptors (Lipinski definition) is 9. The summed E-state index contributed by atoms with van der Waals surface area (Å²) in [7, 11) is 3.20. The van der Waals surface area contributed by atoms with Crippen LogP contribution in [0.2, 0.25) is 0 Å². The Morgan fingerprint density at radius 2 is 2.11 bits per heavy atom. The van der Waals surface area contributed by atoms with Crippen molar-refractivity contribution in [3.05, 3.63) is 35.5 Å². The number of aromatic nitrogens is 2. The highest BCUT2D eigenvalue weighted by Crippen LogP contribution is 2.32. The number of nitrogens with zero attached hydrogens (tertiary/aromatic N) is 3. The van der Waals surface area contributed by atoms with Gasteiger partial charge in [0, 0.05) is 19.3 Å². The van der Waals surface area contributed by atoms with Crippen molar-refractivity contribution in [1.29, 1.82) is 0 Å². The summed E-state index contributed by atoms with van der Waals surface area (Å²) in [4.78, 5) is 21.1. The lowest BCUT2D eigenvalue weighted by molar-refractivity contribution is 0.0951. The zero-order valence-electron chi connectivity index (χ0n) is 15.6. The standard InChI is InChI=1S/C17H23N9O2/c1-20-17-21-8-11(16(27)22-9-6-7-9)14(24-17)23-12-5-3-4-10(13(12)28-2)15(25-18)26-19/h3-5,8-9H,6-7,18-19H2,1-2H3,(H,22,27)(H,25,26)(H2,20,21,23,24). The highest BCUT2D eigenvalue weighted by molar-refractivity contribution is 6.03. The first-order chi connectivity index (χ1) is 13.6. The monoisotopic (exact) mass is 385 g/mol. The van der Waals surface area contributed by atoms with Crippen LogP contribution in [0, 0.1) is 0 Å². The van der Waals surface area contributed by atoms with Crippen LogP contribution in [-0.4, -0.2) is 41.9 Å². The number of carbonyl (C=O) groups is 1. The molecule has 0 bridgehead atoms. The van der Waals surface area contributed by atoms with Crippen molar-refractivity contribution in [2.45, 2.75) is 18.9 Å². The zero-order chi connectivity index (χ0) is 20.1. The Labute approximate surface area is 161 Å². The number of benzene rings is 1. The molecule has 1 heterocycles. The molecule has 1 fully saturated rings. The van der Waals surface area contributed by atoms with Crippen molar-refractivity contribution in [2.75, 3.05) is 24.8 Å². The second kappa shape index (κ2) is 8.39. The van der Waals surface area contributed by atoms with Gasteiger partial charge in [-0.2, -0.15) is 10.1 Å². The fourth-order valence-electron chi connectivity index (χ4n) is 2.61.